The Morgan fingerprint density at radius 2 is 1.88 bits per heavy atom. The van der Waals surface area contributed by atoms with Gasteiger partial charge in [-0.2, -0.15) is 5.11 Å². The van der Waals surface area contributed by atoms with E-state index >= 15 is 0 Å². The van der Waals surface area contributed by atoms with Crippen molar-refractivity contribution in [3.8, 4) is 5.75 Å². The molecular formula is C19H20BrN5O. The fraction of sp³-hybridized carbons (Fsp3) is 0.211. The van der Waals surface area contributed by atoms with Gasteiger partial charge in [-0.25, -0.2) is 4.98 Å². The molecule has 3 aromatic rings. The van der Waals surface area contributed by atoms with E-state index in [1.165, 1.54) is 0 Å². The number of benzene rings is 2. The third-order valence-electron chi connectivity index (χ3n) is 3.77. The van der Waals surface area contributed by atoms with Gasteiger partial charge in [-0.05, 0) is 50.5 Å². The predicted octanol–water partition coefficient (Wildman–Crippen LogP) is 4.94. The molecule has 0 saturated heterocycles. The maximum Gasteiger partial charge on any atom is 0.151 e. The number of hydrogen-bond acceptors (Lipinski definition) is 6. The molecule has 0 unspecified atom stereocenters. The second-order valence-electron chi connectivity index (χ2n) is 6.07. The zero-order chi connectivity index (χ0) is 18.5. The lowest BCUT2D eigenvalue weighted by Gasteiger charge is -2.10. The van der Waals surface area contributed by atoms with Gasteiger partial charge in [0.25, 0.3) is 0 Å². The molecule has 0 saturated carbocycles. The molecule has 2 aromatic carbocycles. The van der Waals surface area contributed by atoms with Crippen LogP contribution in [0.3, 0.4) is 0 Å². The Morgan fingerprint density at radius 3 is 2.62 bits per heavy atom. The number of nitrogens with two attached hydrogens (primary N) is 1. The van der Waals surface area contributed by atoms with Gasteiger partial charge in [0.05, 0.1) is 5.69 Å². The molecule has 7 heteroatoms. The van der Waals surface area contributed by atoms with E-state index in [9.17, 15) is 0 Å². The number of nitrogens with zero attached hydrogens (tertiary/aromatic N) is 4. The molecule has 0 amide bonds. The maximum absolute atomic E-state index is 6.00. The largest absolute Gasteiger partial charge is 0.492 e. The molecule has 0 fully saturated rings. The van der Waals surface area contributed by atoms with Gasteiger partial charge in [0.15, 0.2) is 5.82 Å². The molecule has 0 aliphatic carbocycles. The van der Waals surface area contributed by atoms with Crippen LogP contribution in [0, 0.1) is 0 Å². The van der Waals surface area contributed by atoms with Crippen LogP contribution < -0.4 is 10.5 Å². The van der Waals surface area contributed by atoms with E-state index in [-0.39, 0.29) is 0 Å². The maximum atomic E-state index is 6.00. The molecule has 0 aliphatic heterocycles. The van der Waals surface area contributed by atoms with Crippen molar-refractivity contribution < 1.29 is 4.74 Å². The van der Waals surface area contributed by atoms with E-state index in [0.29, 0.717) is 18.1 Å². The number of azo groups is 1. The fourth-order valence-electron chi connectivity index (χ4n) is 2.35. The summed E-state index contributed by atoms with van der Waals surface area (Å²) in [6.45, 7) is 1.51. The van der Waals surface area contributed by atoms with Crippen LogP contribution >= 0.6 is 15.9 Å². The van der Waals surface area contributed by atoms with Gasteiger partial charge in [-0.3, -0.25) is 0 Å². The third-order valence-corrected chi connectivity index (χ3v) is 4.26. The van der Waals surface area contributed by atoms with Gasteiger partial charge >= 0.3 is 0 Å². The van der Waals surface area contributed by atoms with Crippen LogP contribution in [0.15, 0.2) is 63.4 Å². The van der Waals surface area contributed by atoms with Crippen molar-refractivity contribution in [2.24, 2.45) is 10.2 Å². The van der Waals surface area contributed by atoms with Crippen LogP contribution in [0.5, 0.6) is 5.75 Å². The van der Waals surface area contributed by atoms with Gasteiger partial charge in [0.2, 0.25) is 0 Å². The van der Waals surface area contributed by atoms with Gasteiger partial charge in [-0.1, -0.05) is 22.0 Å². The van der Waals surface area contributed by atoms with Gasteiger partial charge in [-0.15, -0.1) is 5.11 Å². The minimum Gasteiger partial charge on any atom is -0.492 e. The second-order valence-corrected chi connectivity index (χ2v) is 6.98. The lowest BCUT2D eigenvalue weighted by molar-refractivity contribution is 0.261. The number of hydrogen-bond donors (Lipinski definition) is 1. The summed E-state index contributed by atoms with van der Waals surface area (Å²) in [6, 6.07) is 13.4. The fourth-order valence-corrected chi connectivity index (χ4v) is 2.71. The van der Waals surface area contributed by atoms with Gasteiger partial charge in [0.1, 0.15) is 18.0 Å². The Labute approximate surface area is 160 Å². The van der Waals surface area contributed by atoms with E-state index in [1.54, 1.807) is 6.20 Å². The van der Waals surface area contributed by atoms with E-state index < -0.39 is 0 Å². The molecule has 1 heterocycles. The molecule has 0 atom stereocenters. The second kappa shape index (κ2) is 8.25. The molecule has 0 aliphatic rings. The Kier molecular flexibility index (Phi) is 5.80. The molecular weight excluding hydrogens is 394 g/mol. The number of aromatic nitrogens is 1. The van der Waals surface area contributed by atoms with Crippen LogP contribution in [0.2, 0.25) is 0 Å². The number of rotatable bonds is 6. The standard InChI is InChI=1S/C19H20BrN5O/c1-25(2)9-10-26-16-7-5-15(6-8-16)23-24-18-17-11-14(20)4-3-13(17)12-22-19(18)21/h3-8,11-12H,9-10H2,1-2H3,(H2,21,22)/b24-23+. The summed E-state index contributed by atoms with van der Waals surface area (Å²) in [6.07, 6.45) is 1.73. The number of fused-ring (bicyclic) bond motifs is 1. The van der Waals surface area contributed by atoms with Crippen LogP contribution in [0.1, 0.15) is 0 Å². The Hall–Kier alpha value is -2.51. The summed E-state index contributed by atoms with van der Waals surface area (Å²) in [4.78, 5) is 6.27. The molecule has 6 nitrogen and oxygen atoms in total. The lowest BCUT2D eigenvalue weighted by atomic mass is 10.1. The van der Waals surface area contributed by atoms with Crippen LogP contribution in [-0.4, -0.2) is 37.1 Å². The molecule has 26 heavy (non-hydrogen) atoms. The molecule has 0 spiro atoms. The smallest absolute Gasteiger partial charge is 0.151 e. The first-order chi connectivity index (χ1) is 12.5. The van der Waals surface area contributed by atoms with Gasteiger partial charge < -0.3 is 15.4 Å². The van der Waals surface area contributed by atoms with Crippen LogP contribution in [0.25, 0.3) is 10.8 Å². The topological polar surface area (TPSA) is 76.1 Å². The highest BCUT2D eigenvalue weighted by Gasteiger charge is 2.07. The minimum absolute atomic E-state index is 0.350. The van der Waals surface area contributed by atoms with E-state index in [4.69, 9.17) is 10.5 Å². The Morgan fingerprint density at radius 1 is 1.12 bits per heavy atom. The monoisotopic (exact) mass is 413 g/mol. The number of ether oxygens (including phenoxy) is 1. The summed E-state index contributed by atoms with van der Waals surface area (Å²) < 4.78 is 6.63. The van der Waals surface area contributed by atoms with Gasteiger partial charge in [0, 0.05) is 28.0 Å². The van der Waals surface area contributed by atoms with E-state index in [0.717, 1.165) is 33.2 Å². The summed E-state index contributed by atoms with van der Waals surface area (Å²) in [5, 5.41) is 10.5. The highest BCUT2D eigenvalue weighted by atomic mass is 79.9. The van der Waals surface area contributed by atoms with Crippen LogP contribution in [-0.2, 0) is 0 Å². The van der Waals surface area contributed by atoms with E-state index in [1.807, 2.05) is 56.6 Å². The Balaban J connectivity index is 1.79. The van der Waals surface area contributed by atoms with Crippen molar-refractivity contribution in [3.05, 3.63) is 53.1 Å². The SMILES string of the molecule is CN(C)CCOc1ccc(/N=N/c2c(N)ncc3ccc(Br)cc23)cc1. The first-order valence-corrected chi connectivity index (χ1v) is 8.95. The summed E-state index contributed by atoms with van der Waals surface area (Å²) >= 11 is 3.47. The third kappa shape index (κ3) is 4.56. The molecule has 134 valence electrons. The zero-order valence-electron chi connectivity index (χ0n) is 14.7. The van der Waals surface area contributed by atoms with Crippen molar-refractivity contribution >= 4 is 43.9 Å². The quantitative estimate of drug-likeness (QED) is 0.580. The number of likely N-dealkylation sites (N-methyl/N-ethyl adjacent to an activating group) is 1. The Bertz CT molecular complexity index is 920. The number of pyridine rings is 1. The normalized spacial score (nSPS) is 11.5. The van der Waals surface area contributed by atoms with Crippen molar-refractivity contribution in [3.63, 3.8) is 0 Å². The average molecular weight is 414 g/mol. The lowest BCUT2D eigenvalue weighted by Crippen LogP contribution is -2.19. The van der Waals surface area contributed by atoms with Crippen molar-refractivity contribution in [2.75, 3.05) is 33.0 Å². The summed E-state index contributed by atoms with van der Waals surface area (Å²) in [5.74, 6) is 1.16. The average Bonchev–Trinajstić information content (AvgIpc) is 2.62. The van der Waals surface area contributed by atoms with Crippen molar-refractivity contribution in [1.29, 1.82) is 0 Å². The molecule has 1 aromatic heterocycles. The molecule has 0 bridgehead atoms. The number of anilines is 1. The van der Waals surface area contributed by atoms with Crippen LogP contribution in [0.4, 0.5) is 17.2 Å². The molecule has 0 radical (unpaired) electrons. The first kappa shape index (κ1) is 18.3. The first-order valence-electron chi connectivity index (χ1n) is 8.16. The molecule has 2 N–H and O–H groups in total. The number of nitrogen functional groups attached to an aromatic ring is 1. The highest BCUT2D eigenvalue weighted by molar-refractivity contribution is 9.10. The van der Waals surface area contributed by atoms with Crippen molar-refractivity contribution in [2.45, 2.75) is 0 Å². The minimum atomic E-state index is 0.350. The predicted molar refractivity (Wildman–Crippen MR) is 109 cm³/mol. The number of halogens is 1. The highest BCUT2D eigenvalue weighted by Crippen LogP contribution is 2.33. The summed E-state index contributed by atoms with van der Waals surface area (Å²) in [5.41, 5.74) is 7.28. The summed E-state index contributed by atoms with van der Waals surface area (Å²) in [7, 11) is 4.03. The van der Waals surface area contributed by atoms with Crippen molar-refractivity contribution in [1.82, 2.24) is 9.88 Å². The zero-order valence-corrected chi connectivity index (χ0v) is 16.3. The molecule has 3 rings (SSSR count). The van der Waals surface area contributed by atoms with E-state index in [2.05, 4.69) is 36.0 Å².